The van der Waals surface area contributed by atoms with Crippen LogP contribution >= 0.6 is 0 Å². The van der Waals surface area contributed by atoms with E-state index in [1.165, 1.54) is 0 Å². The van der Waals surface area contributed by atoms with Crippen LogP contribution in [0.15, 0.2) is 48.7 Å². The number of nitrogens with zero attached hydrogens (tertiary/aromatic N) is 3. The number of pyridine rings is 2. The SMILES string of the molecule is COc1ccc(-c2cc3ncccc3c(N3CCNCC3)n2)cc1. The number of hydrogen-bond donors (Lipinski definition) is 1. The normalized spacial score (nSPS) is 14.8. The fraction of sp³-hybridized carbons (Fsp3) is 0.263. The van der Waals surface area contributed by atoms with Gasteiger partial charge >= 0.3 is 0 Å². The van der Waals surface area contributed by atoms with Crippen LogP contribution in [-0.2, 0) is 0 Å². The molecular weight excluding hydrogens is 300 g/mol. The highest BCUT2D eigenvalue weighted by Crippen LogP contribution is 2.29. The summed E-state index contributed by atoms with van der Waals surface area (Å²) in [4.78, 5) is 11.9. The first-order valence-corrected chi connectivity index (χ1v) is 8.21. The predicted octanol–water partition coefficient (Wildman–Crippen LogP) is 2.71. The molecule has 0 spiro atoms. The van der Waals surface area contributed by atoms with E-state index in [-0.39, 0.29) is 0 Å². The highest BCUT2D eigenvalue weighted by atomic mass is 16.5. The van der Waals surface area contributed by atoms with Gasteiger partial charge in [-0.1, -0.05) is 0 Å². The van der Waals surface area contributed by atoms with Gasteiger partial charge in [0, 0.05) is 43.3 Å². The quantitative estimate of drug-likeness (QED) is 0.804. The molecule has 0 atom stereocenters. The van der Waals surface area contributed by atoms with E-state index >= 15 is 0 Å². The molecule has 0 bridgehead atoms. The highest BCUT2D eigenvalue weighted by Gasteiger charge is 2.16. The summed E-state index contributed by atoms with van der Waals surface area (Å²) in [6.07, 6.45) is 1.83. The summed E-state index contributed by atoms with van der Waals surface area (Å²) in [5, 5.41) is 4.50. The molecular formula is C19H20N4O. The first-order chi connectivity index (χ1) is 11.8. The zero-order valence-electron chi connectivity index (χ0n) is 13.7. The van der Waals surface area contributed by atoms with Gasteiger partial charge in [-0.2, -0.15) is 0 Å². The average molecular weight is 320 g/mol. The third-order valence-electron chi connectivity index (χ3n) is 4.38. The number of anilines is 1. The summed E-state index contributed by atoms with van der Waals surface area (Å²) in [5.74, 6) is 1.87. The zero-order valence-corrected chi connectivity index (χ0v) is 13.7. The zero-order chi connectivity index (χ0) is 16.4. The largest absolute Gasteiger partial charge is 0.497 e. The van der Waals surface area contributed by atoms with E-state index in [4.69, 9.17) is 9.72 Å². The fourth-order valence-electron chi connectivity index (χ4n) is 3.09. The Bertz CT molecular complexity index is 842. The van der Waals surface area contributed by atoms with Crippen LogP contribution in [0.3, 0.4) is 0 Å². The number of methoxy groups -OCH3 is 1. The minimum atomic E-state index is 0.847. The molecule has 0 unspecified atom stereocenters. The summed E-state index contributed by atoms with van der Waals surface area (Å²) >= 11 is 0. The van der Waals surface area contributed by atoms with E-state index in [0.29, 0.717) is 0 Å². The van der Waals surface area contributed by atoms with Crippen LogP contribution in [0, 0.1) is 0 Å². The third kappa shape index (κ3) is 2.78. The minimum absolute atomic E-state index is 0.847. The van der Waals surface area contributed by atoms with Crippen LogP contribution < -0.4 is 15.0 Å². The molecule has 3 aromatic rings. The Kier molecular flexibility index (Phi) is 4.01. The van der Waals surface area contributed by atoms with Gasteiger partial charge in [0.2, 0.25) is 0 Å². The molecule has 5 heteroatoms. The summed E-state index contributed by atoms with van der Waals surface area (Å²) in [7, 11) is 1.68. The molecule has 2 aromatic heterocycles. The number of fused-ring (bicyclic) bond motifs is 1. The second kappa shape index (κ2) is 6.45. The summed E-state index contributed by atoms with van der Waals surface area (Å²) in [6.45, 7) is 3.89. The van der Waals surface area contributed by atoms with Crippen molar-refractivity contribution in [1.29, 1.82) is 0 Å². The number of ether oxygens (including phenoxy) is 1. The molecule has 1 N–H and O–H groups in total. The lowest BCUT2D eigenvalue weighted by molar-refractivity contribution is 0.415. The lowest BCUT2D eigenvalue weighted by atomic mass is 10.1. The van der Waals surface area contributed by atoms with Crippen molar-refractivity contribution in [2.45, 2.75) is 0 Å². The lowest BCUT2D eigenvalue weighted by Crippen LogP contribution is -2.44. The van der Waals surface area contributed by atoms with E-state index in [2.05, 4.69) is 27.3 Å². The maximum atomic E-state index is 5.25. The Hall–Kier alpha value is -2.66. The van der Waals surface area contributed by atoms with E-state index in [1.54, 1.807) is 7.11 Å². The molecule has 1 saturated heterocycles. The van der Waals surface area contributed by atoms with Gasteiger partial charge in [-0.3, -0.25) is 4.98 Å². The lowest BCUT2D eigenvalue weighted by Gasteiger charge is -2.29. The van der Waals surface area contributed by atoms with Gasteiger partial charge in [0.05, 0.1) is 18.3 Å². The van der Waals surface area contributed by atoms with Crippen molar-refractivity contribution in [1.82, 2.24) is 15.3 Å². The molecule has 1 fully saturated rings. The number of piperazine rings is 1. The second-order valence-corrected chi connectivity index (χ2v) is 5.87. The van der Waals surface area contributed by atoms with Gasteiger partial charge in [-0.05, 0) is 42.5 Å². The summed E-state index contributed by atoms with van der Waals surface area (Å²) < 4.78 is 5.25. The molecule has 0 aliphatic carbocycles. The van der Waals surface area contributed by atoms with Gasteiger partial charge < -0.3 is 15.0 Å². The Balaban J connectivity index is 1.83. The second-order valence-electron chi connectivity index (χ2n) is 5.87. The maximum Gasteiger partial charge on any atom is 0.138 e. The number of benzene rings is 1. The number of hydrogen-bond acceptors (Lipinski definition) is 5. The van der Waals surface area contributed by atoms with Crippen LogP contribution in [0.25, 0.3) is 22.2 Å². The summed E-state index contributed by atoms with van der Waals surface area (Å²) in [5.41, 5.74) is 2.99. The Morgan fingerprint density at radius 1 is 1.08 bits per heavy atom. The van der Waals surface area contributed by atoms with E-state index in [1.807, 2.05) is 36.5 Å². The van der Waals surface area contributed by atoms with Crippen molar-refractivity contribution in [3.8, 4) is 17.0 Å². The van der Waals surface area contributed by atoms with Crippen molar-refractivity contribution in [3.63, 3.8) is 0 Å². The topological polar surface area (TPSA) is 50.3 Å². The van der Waals surface area contributed by atoms with Gasteiger partial charge in [0.1, 0.15) is 11.6 Å². The van der Waals surface area contributed by atoms with Crippen molar-refractivity contribution in [2.75, 3.05) is 38.2 Å². The molecule has 0 amide bonds. The third-order valence-corrected chi connectivity index (χ3v) is 4.38. The Morgan fingerprint density at radius 2 is 1.88 bits per heavy atom. The van der Waals surface area contributed by atoms with E-state index < -0.39 is 0 Å². The predicted molar refractivity (Wildman–Crippen MR) is 96.6 cm³/mol. The number of aromatic nitrogens is 2. The molecule has 5 nitrogen and oxygen atoms in total. The minimum Gasteiger partial charge on any atom is -0.497 e. The smallest absolute Gasteiger partial charge is 0.138 e. The standard InChI is InChI=1S/C19H20N4O/c1-24-15-6-4-14(5-7-15)17-13-18-16(3-2-8-21-18)19(22-17)23-11-9-20-10-12-23/h2-8,13,20H,9-12H2,1H3. The van der Waals surface area contributed by atoms with Gasteiger partial charge in [-0.25, -0.2) is 4.98 Å². The molecule has 1 aliphatic heterocycles. The van der Waals surface area contributed by atoms with Crippen LogP contribution in [0.4, 0.5) is 5.82 Å². The maximum absolute atomic E-state index is 5.25. The number of nitrogens with one attached hydrogen (secondary N) is 1. The first-order valence-electron chi connectivity index (χ1n) is 8.21. The summed E-state index contributed by atoms with van der Waals surface area (Å²) in [6, 6.07) is 14.1. The van der Waals surface area contributed by atoms with Crippen molar-refractivity contribution >= 4 is 16.7 Å². The van der Waals surface area contributed by atoms with Crippen molar-refractivity contribution < 1.29 is 4.74 Å². The van der Waals surface area contributed by atoms with Gasteiger partial charge in [0.25, 0.3) is 0 Å². The fourth-order valence-corrected chi connectivity index (χ4v) is 3.09. The van der Waals surface area contributed by atoms with E-state index in [9.17, 15) is 0 Å². The highest BCUT2D eigenvalue weighted by molar-refractivity contribution is 5.92. The van der Waals surface area contributed by atoms with Gasteiger partial charge in [0.15, 0.2) is 0 Å². The molecule has 0 saturated carbocycles. The number of rotatable bonds is 3. The molecule has 24 heavy (non-hydrogen) atoms. The molecule has 0 radical (unpaired) electrons. The van der Waals surface area contributed by atoms with Gasteiger partial charge in [-0.15, -0.1) is 0 Å². The molecule has 1 aliphatic rings. The Labute approximate surface area is 141 Å². The van der Waals surface area contributed by atoms with Crippen LogP contribution in [-0.4, -0.2) is 43.3 Å². The average Bonchev–Trinajstić information content (AvgIpc) is 2.68. The monoisotopic (exact) mass is 320 g/mol. The molecule has 4 rings (SSSR count). The van der Waals surface area contributed by atoms with Crippen molar-refractivity contribution in [3.05, 3.63) is 48.7 Å². The van der Waals surface area contributed by atoms with Crippen molar-refractivity contribution in [2.24, 2.45) is 0 Å². The van der Waals surface area contributed by atoms with Crippen LogP contribution in [0.5, 0.6) is 5.75 Å². The van der Waals surface area contributed by atoms with Crippen LogP contribution in [0.2, 0.25) is 0 Å². The molecule has 3 heterocycles. The van der Waals surface area contributed by atoms with E-state index in [0.717, 1.165) is 59.9 Å². The Morgan fingerprint density at radius 3 is 2.62 bits per heavy atom. The first kappa shape index (κ1) is 14.9. The molecule has 1 aromatic carbocycles. The molecule has 122 valence electrons. The van der Waals surface area contributed by atoms with Crippen LogP contribution in [0.1, 0.15) is 0 Å².